The third kappa shape index (κ3) is 2.85. The number of hydrogen-bond donors (Lipinski definition) is 1. The zero-order valence-electron chi connectivity index (χ0n) is 13.3. The Hall–Kier alpha value is -0.0800. The summed E-state index contributed by atoms with van der Waals surface area (Å²) < 4.78 is 0. The summed E-state index contributed by atoms with van der Waals surface area (Å²) in [5.41, 5.74) is 1.04. The average molecular weight is 264 g/mol. The maximum atomic E-state index is 3.63. The largest absolute Gasteiger partial charge is 0.315 e. The molecule has 1 N–H and O–H groups in total. The van der Waals surface area contributed by atoms with Crippen molar-refractivity contribution in [2.45, 2.75) is 71.9 Å². The lowest BCUT2D eigenvalue weighted by atomic mass is 9.63. The summed E-state index contributed by atoms with van der Waals surface area (Å²) in [4.78, 5) is 2.90. The van der Waals surface area contributed by atoms with Crippen LogP contribution in [0.3, 0.4) is 0 Å². The molecule has 2 saturated heterocycles. The molecule has 2 unspecified atom stereocenters. The molecule has 3 rings (SSSR count). The highest BCUT2D eigenvalue weighted by atomic mass is 15.2. The van der Waals surface area contributed by atoms with Crippen molar-refractivity contribution in [3.05, 3.63) is 0 Å². The fourth-order valence-corrected chi connectivity index (χ4v) is 5.58. The minimum absolute atomic E-state index is 0.519. The van der Waals surface area contributed by atoms with E-state index >= 15 is 0 Å². The summed E-state index contributed by atoms with van der Waals surface area (Å²) in [6, 6.07) is 1.66. The molecular formula is C17H32N2. The van der Waals surface area contributed by atoms with Gasteiger partial charge in [-0.2, -0.15) is 0 Å². The van der Waals surface area contributed by atoms with Gasteiger partial charge in [-0.25, -0.2) is 0 Å². The molecule has 0 radical (unpaired) electrons. The van der Waals surface area contributed by atoms with E-state index in [0.29, 0.717) is 10.8 Å². The molecule has 2 atom stereocenters. The quantitative estimate of drug-likeness (QED) is 0.782. The van der Waals surface area contributed by atoms with E-state index in [1.54, 1.807) is 0 Å². The molecule has 2 nitrogen and oxygen atoms in total. The van der Waals surface area contributed by atoms with Crippen LogP contribution in [0.15, 0.2) is 0 Å². The van der Waals surface area contributed by atoms with Crippen molar-refractivity contribution < 1.29 is 0 Å². The Balaban J connectivity index is 1.77. The van der Waals surface area contributed by atoms with Gasteiger partial charge in [0.25, 0.3) is 0 Å². The van der Waals surface area contributed by atoms with Crippen molar-refractivity contribution in [2.75, 3.05) is 19.6 Å². The van der Waals surface area contributed by atoms with Crippen LogP contribution in [0, 0.1) is 16.7 Å². The predicted molar refractivity (Wildman–Crippen MR) is 81.3 cm³/mol. The maximum Gasteiger partial charge on any atom is 0.0263 e. The van der Waals surface area contributed by atoms with Crippen LogP contribution in [-0.4, -0.2) is 36.6 Å². The van der Waals surface area contributed by atoms with Crippen LogP contribution in [0.5, 0.6) is 0 Å². The third-order valence-corrected chi connectivity index (χ3v) is 5.72. The molecule has 0 aromatic carbocycles. The highest BCUT2D eigenvalue weighted by molar-refractivity contribution is 4.99. The number of rotatable bonds is 1. The van der Waals surface area contributed by atoms with Crippen molar-refractivity contribution in [1.29, 1.82) is 0 Å². The SMILES string of the molecule is CC1(C)CC(N2CCCC3CNCC32)CC(C)(C)C1. The fourth-order valence-electron chi connectivity index (χ4n) is 5.58. The second kappa shape index (κ2) is 4.73. The predicted octanol–water partition coefficient (Wildman–Crippen LogP) is 3.28. The molecule has 0 aromatic heterocycles. The van der Waals surface area contributed by atoms with E-state index in [9.17, 15) is 0 Å². The molecule has 110 valence electrons. The van der Waals surface area contributed by atoms with Gasteiger partial charge >= 0.3 is 0 Å². The Bertz CT molecular complexity index is 318. The molecule has 1 aliphatic carbocycles. The van der Waals surface area contributed by atoms with Crippen molar-refractivity contribution >= 4 is 0 Å². The summed E-state index contributed by atoms with van der Waals surface area (Å²) in [5, 5.41) is 3.63. The van der Waals surface area contributed by atoms with Crippen LogP contribution >= 0.6 is 0 Å². The lowest BCUT2D eigenvalue weighted by Gasteiger charge is -2.52. The van der Waals surface area contributed by atoms with Crippen molar-refractivity contribution in [3.8, 4) is 0 Å². The number of nitrogens with zero attached hydrogens (tertiary/aromatic N) is 1. The number of piperidine rings is 1. The Morgan fingerprint density at radius 3 is 2.37 bits per heavy atom. The Morgan fingerprint density at radius 1 is 1.00 bits per heavy atom. The fraction of sp³-hybridized carbons (Fsp3) is 1.00. The van der Waals surface area contributed by atoms with Gasteiger partial charge in [-0.15, -0.1) is 0 Å². The topological polar surface area (TPSA) is 15.3 Å². The van der Waals surface area contributed by atoms with E-state index in [2.05, 4.69) is 37.9 Å². The second-order valence-corrected chi connectivity index (χ2v) is 8.93. The Kier molecular flexibility index (Phi) is 3.46. The highest BCUT2D eigenvalue weighted by Crippen LogP contribution is 2.48. The first-order valence-electron chi connectivity index (χ1n) is 8.33. The molecule has 1 saturated carbocycles. The van der Waals surface area contributed by atoms with E-state index in [-0.39, 0.29) is 0 Å². The van der Waals surface area contributed by atoms with Crippen LogP contribution in [0.2, 0.25) is 0 Å². The first-order chi connectivity index (χ1) is 8.86. The number of nitrogens with one attached hydrogen (secondary N) is 1. The normalized spacial score (nSPS) is 39.2. The van der Waals surface area contributed by atoms with Gasteiger partial charge in [-0.05, 0) is 61.9 Å². The molecule has 0 aromatic rings. The number of fused-ring (bicyclic) bond motifs is 1. The Morgan fingerprint density at radius 2 is 1.68 bits per heavy atom. The van der Waals surface area contributed by atoms with E-state index in [1.165, 1.54) is 51.7 Å². The maximum absolute atomic E-state index is 3.63. The molecular weight excluding hydrogens is 232 g/mol. The zero-order chi connectivity index (χ0) is 13.7. The van der Waals surface area contributed by atoms with E-state index in [0.717, 1.165) is 18.0 Å². The molecule has 0 bridgehead atoms. The van der Waals surface area contributed by atoms with Crippen LogP contribution in [0.4, 0.5) is 0 Å². The molecule has 3 aliphatic rings. The van der Waals surface area contributed by atoms with Gasteiger partial charge in [0.2, 0.25) is 0 Å². The van der Waals surface area contributed by atoms with Crippen molar-refractivity contribution in [2.24, 2.45) is 16.7 Å². The molecule has 2 heterocycles. The van der Waals surface area contributed by atoms with Crippen molar-refractivity contribution in [1.82, 2.24) is 10.2 Å². The summed E-state index contributed by atoms with van der Waals surface area (Å²) in [6.07, 6.45) is 7.06. The monoisotopic (exact) mass is 264 g/mol. The van der Waals surface area contributed by atoms with Gasteiger partial charge in [-0.3, -0.25) is 4.90 Å². The summed E-state index contributed by atoms with van der Waals surface area (Å²) in [6.45, 7) is 13.8. The molecule has 3 fully saturated rings. The van der Waals surface area contributed by atoms with Gasteiger partial charge < -0.3 is 5.32 Å². The lowest BCUT2D eigenvalue weighted by molar-refractivity contribution is -0.0142. The Labute approximate surface area is 119 Å². The van der Waals surface area contributed by atoms with Gasteiger partial charge in [0.05, 0.1) is 0 Å². The molecule has 2 aliphatic heterocycles. The van der Waals surface area contributed by atoms with Crippen LogP contribution in [0.1, 0.15) is 59.8 Å². The van der Waals surface area contributed by atoms with Gasteiger partial charge in [0.1, 0.15) is 0 Å². The lowest BCUT2D eigenvalue weighted by Crippen LogP contribution is -2.54. The van der Waals surface area contributed by atoms with Gasteiger partial charge in [0.15, 0.2) is 0 Å². The first-order valence-corrected chi connectivity index (χ1v) is 8.33. The van der Waals surface area contributed by atoms with Crippen LogP contribution in [0.25, 0.3) is 0 Å². The standard InChI is InChI=1S/C17H32N2/c1-16(2)8-14(9-17(3,4)12-16)19-7-5-6-13-10-18-11-15(13)19/h13-15,18H,5-12H2,1-4H3. The minimum atomic E-state index is 0.519. The van der Waals surface area contributed by atoms with Gasteiger partial charge in [0, 0.05) is 18.6 Å². The van der Waals surface area contributed by atoms with E-state index < -0.39 is 0 Å². The minimum Gasteiger partial charge on any atom is -0.315 e. The molecule has 0 spiro atoms. The zero-order valence-corrected chi connectivity index (χ0v) is 13.3. The number of likely N-dealkylation sites (tertiary alicyclic amines) is 1. The van der Waals surface area contributed by atoms with Crippen LogP contribution in [-0.2, 0) is 0 Å². The molecule has 19 heavy (non-hydrogen) atoms. The molecule has 2 heteroatoms. The second-order valence-electron chi connectivity index (χ2n) is 8.93. The molecule has 0 amide bonds. The highest BCUT2D eigenvalue weighted by Gasteiger charge is 2.45. The smallest absolute Gasteiger partial charge is 0.0263 e. The third-order valence-electron chi connectivity index (χ3n) is 5.72. The van der Waals surface area contributed by atoms with E-state index in [1.807, 2.05) is 0 Å². The summed E-state index contributed by atoms with van der Waals surface area (Å²) in [5.74, 6) is 0.932. The average Bonchev–Trinajstić information content (AvgIpc) is 2.71. The summed E-state index contributed by atoms with van der Waals surface area (Å²) in [7, 11) is 0. The van der Waals surface area contributed by atoms with Crippen molar-refractivity contribution in [3.63, 3.8) is 0 Å². The van der Waals surface area contributed by atoms with E-state index in [4.69, 9.17) is 0 Å². The van der Waals surface area contributed by atoms with Gasteiger partial charge in [-0.1, -0.05) is 27.7 Å². The van der Waals surface area contributed by atoms with Crippen LogP contribution < -0.4 is 5.32 Å². The number of hydrogen-bond acceptors (Lipinski definition) is 2. The first kappa shape index (κ1) is 13.9. The summed E-state index contributed by atoms with van der Waals surface area (Å²) >= 11 is 0.